The van der Waals surface area contributed by atoms with Gasteiger partial charge in [-0.3, -0.25) is 4.90 Å². The summed E-state index contributed by atoms with van der Waals surface area (Å²) in [6, 6.07) is 3.61. The molecule has 2 aromatic heterocycles. The molecule has 0 radical (unpaired) electrons. The molecule has 2 unspecified atom stereocenters. The summed E-state index contributed by atoms with van der Waals surface area (Å²) in [6.07, 6.45) is 2.85. The average molecular weight is 392 g/mol. The summed E-state index contributed by atoms with van der Waals surface area (Å²) in [4.78, 5) is 7.94. The van der Waals surface area contributed by atoms with Crippen LogP contribution in [-0.4, -0.2) is 37.7 Å². The molecular weight excluding hydrogens is 370 g/mol. The van der Waals surface area contributed by atoms with Crippen molar-refractivity contribution in [1.29, 1.82) is 0 Å². The van der Waals surface area contributed by atoms with Gasteiger partial charge in [-0.2, -0.15) is 4.52 Å². The summed E-state index contributed by atoms with van der Waals surface area (Å²) >= 11 is 1.35. The molecule has 0 spiro atoms. The molecule has 0 bridgehead atoms. The number of benzene rings is 1. The Morgan fingerprint density at radius 2 is 2.15 bits per heavy atom. The second-order valence-corrected chi connectivity index (χ2v) is 8.19. The number of piperidine rings is 1. The van der Waals surface area contributed by atoms with Crippen molar-refractivity contribution < 1.29 is 13.9 Å². The molecule has 1 aromatic carbocycles. The Hall–Kier alpha value is -2.06. The van der Waals surface area contributed by atoms with E-state index in [1.54, 1.807) is 6.07 Å². The first-order chi connectivity index (χ1) is 13.0. The number of aromatic nitrogens is 3. The van der Waals surface area contributed by atoms with Crippen LogP contribution in [0.2, 0.25) is 0 Å². The fourth-order valence-electron chi connectivity index (χ4n) is 3.79. The van der Waals surface area contributed by atoms with Crippen molar-refractivity contribution in [2.24, 2.45) is 5.92 Å². The summed E-state index contributed by atoms with van der Waals surface area (Å²) in [5, 5.41) is 15.2. The van der Waals surface area contributed by atoms with Crippen LogP contribution in [-0.2, 0) is 6.42 Å². The van der Waals surface area contributed by atoms with Crippen molar-refractivity contribution >= 4 is 16.3 Å². The van der Waals surface area contributed by atoms with Gasteiger partial charge in [0.25, 0.3) is 0 Å². The van der Waals surface area contributed by atoms with Crippen LogP contribution in [0.3, 0.4) is 0 Å². The Morgan fingerprint density at radius 3 is 2.81 bits per heavy atom. The van der Waals surface area contributed by atoms with Gasteiger partial charge in [-0.1, -0.05) is 31.3 Å². The van der Waals surface area contributed by atoms with Gasteiger partial charge in [-0.15, -0.1) is 5.10 Å². The minimum absolute atomic E-state index is 0.0233. The summed E-state index contributed by atoms with van der Waals surface area (Å²) in [5.41, 5.74) is 0.624. The van der Waals surface area contributed by atoms with E-state index < -0.39 is 11.6 Å². The van der Waals surface area contributed by atoms with E-state index in [1.165, 1.54) is 21.9 Å². The number of likely N-dealkylation sites (tertiary alicyclic amines) is 1. The largest absolute Gasteiger partial charge is 0.492 e. The third kappa shape index (κ3) is 3.32. The maximum absolute atomic E-state index is 14.0. The van der Waals surface area contributed by atoms with Gasteiger partial charge in [0.05, 0.1) is 10.9 Å². The van der Waals surface area contributed by atoms with Crippen molar-refractivity contribution in [3.8, 4) is 5.88 Å². The Bertz CT molecular complexity index is 970. The van der Waals surface area contributed by atoms with Crippen LogP contribution in [0.1, 0.15) is 49.0 Å². The maximum atomic E-state index is 14.0. The average Bonchev–Trinajstić information content (AvgIpc) is 3.18. The van der Waals surface area contributed by atoms with E-state index >= 15 is 0 Å². The van der Waals surface area contributed by atoms with E-state index in [2.05, 4.69) is 21.9 Å². The first kappa shape index (κ1) is 18.3. The second-order valence-electron chi connectivity index (χ2n) is 7.18. The minimum Gasteiger partial charge on any atom is -0.492 e. The molecule has 144 valence electrons. The Morgan fingerprint density at radius 1 is 1.33 bits per heavy atom. The highest BCUT2D eigenvalue weighted by molar-refractivity contribution is 7.17. The first-order valence-electron chi connectivity index (χ1n) is 9.24. The number of hydrogen-bond donors (Lipinski definition) is 1. The normalized spacial score (nSPS) is 19.6. The third-order valence-electron chi connectivity index (χ3n) is 5.12. The number of aromatic hydroxyl groups is 1. The zero-order chi connectivity index (χ0) is 19.1. The molecule has 0 aliphatic carbocycles. The standard InChI is InChI=1S/C19H22F2N4OS/c1-3-15-22-19-25(23-15)18(26)17(27-19)16(24-8-4-5-11(2)10-24)12-6-7-13(20)14(21)9-12/h6-7,9,11,16,26H,3-5,8,10H2,1-2H3. The lowest BCUT2D eigenvalue weighted by molar-refractivity contribution is 0.149. The maximum Gasteiger partial charge on any atom is 0.230 e. The molecule has 1 saturated heterocycles. The summed E-state index contributed by atoms with van der Waals surface area (Å²) < 4.78 is 28.9. The quantitative estimate of drug-likeness (QED) is 0.724. The van der Waals surface area contributed by atoms with Crippen LogP contribution in [0.4, 0.5) is 8.78 Å². The van der Waals surface area contributed by atoms with Crippen molar-refractivity contribution in [3.05, 3.63) is 46.1 Å². The van der Waals surface area contributed by atoms with Crippen LogP contribution in [0, 0.1) is 17.6 Å². The van der Waals surface area contributed by atoms with E-state index in [1.807, 2.05) is 6.92 Å². The number of thiazole rings is 1. The molecule has 2 atom stereocenters. The fourth-order valence-corrected chi connectivity index (χ4v) is 4.93. The zero-order valence-electron chi connectivity index (χ0n) is 15.3. The molecule has 27 heavy (non-hydrogen) atoms. The van der Waals surface area contributed by atoms with Gasteiger partial charge in [0.2, 0.25) is 10.8 Å². The SMILES string of the molecule is CCc1nc2sc(C(c3ccc(F)c(F)c3)N3CCCC(C)C3)c(O)n2n1. The van der Waals surface area contributed by atoms with Crippen LogP contribution in [0.25, 0.3) is 4.96 Å². The Balaban J connectivity index is 1.83. The molecule has 1 aliphatic heterocycles. The number of nitrogens with zero attached hydrogens (tertiary/aromatic N) is 4. The minimum atomic E-state index is -0.880. The molecule has 3 heterocycles. The summed E-state index contributed by atoms with van der Waals surface area (Å²) in [7, 11) is 0. The van der Waals surface area contributed by atoms with Crippen molar-refractivity contribution in [1.82, 2.24) is 19.5 Å². The van der Waals surface area contributed by atoms with Gasteiger partial charge >= 0.3 is 0 Å². The Labute approximate surface area is 160 Å². The van der Waals surface area contributed by atoms with Crippen LogP contribution in [0.15, 0.2) is 18.2 Å². The monoisotopic (exact) mass is 392 g/mol. The highest BCUT2D eigenvalue weighted by atomic mass is 32.1. The van der Waals surface area contributed by atoms with Crippen molar-refractivity contribution in [2.45, 2.75) is 39.2 Å². The molecule has 0 saturated carbocycles. The predicted molar refractivity (Wildman–Crippen MR) is 100 cm³/mol. The van der Waals surface area contributed by atoms with E-state index in [9.17, 15) is 13.9 Å². The van der Waals surface area contributed by atoms with Gasteiger partial charge in [0.15, 0.2) is 17.5 Å². The predicted octanol–water partition coefficient (Wildman–Crippen LogP) is 4.16. The molecule has 1 aliphatic rings. The highest BCUT2D eigenvalue weighted by Crippen LogP contribution is 2.41. The van der Waals surface area contributed by atoms with Gasteiger partial charge in [0.1, 0.15) is 0 Å². The van der Waals surface area contributed by atoms with Crippen LogP contribution in [0.5, 0.6) is 5.88 Å². The number of rotatable bonds is 4. The van der Waals surface area contributed by atoms with Crippen LogP contribution >= 0.6 is 11.3 Å². The Kier molecular flexibility index (Phi) is 4.86. The lowest BCUT2D eigenvalue weighted by atomic mass is 9.95. The molecule has 4 rings (SSSR count). The van der Waals surface area contributed by atoms with Gasteiger partial charge < -0.3 is 5.11 Å². The fraction of sp³-hybridized carbons (Fsp3) is 0.474. The molecule has 5 nitrogen and oxygen atoms in total. The topological polar surface area (TPSA) is 53.7 Å². The first-order valence-corrected chi connectivity index (χ1v) is 10.1. The number of fused-ring (bicyclic) bond motifs is 1. The van der Waals surface area contributed by atoms with Gasteiger partial charge in [0, 0.05) is 13.0 Å². The lowest BCUT2D eigenvalue weighted by Gasteiger charge is -2.37. The third-order valence-corrected chi connectivity index (χ3v) is 6.19. The second kappa shape index (κ2) is 7.16. The van der Waals surface area contributed by atoms with Crippen molar-refractivity contribution in [3.63, 3.8) is 0 Å². The zero-order valence-corrected chi connectivity index (χ0v) is 16.1. The smallest absolute Gasteiger partial charge is 0.230 e. The summed E-state index contributed by atoms with van der Waals surface area (Å²) in [6.45, 7) is 5.81. The molecule has 1 fully saturated rings. The molecule has 3 aromatic rings. The van der Waals surface area contributed by atoms with E-state index in [0.29, 0.717) is 33.6 Å². The van der Waals surface area contributed by atoms with Gasteiger partial charge in [-0.05, 0) is 43.0 Å². The number of halogens is 2. The highest BCUT2D eigenvalue weighted by Gasteiger charge is 2.32. The number of hydrogen-bond acceptors (Lipinski definition) is 5. The molecule has 8 heteroatoms. The molecule has 1 N–H and O–H groups in total. The van der Waals surface area contributed by atoms with Crippen LogP contribution < -0.4 is 0 Å². The van der Waals surface area contributed by atoms with E-state index in [0.717, 1.165) is 32.0 Å². The van der Waals surface area contributed by atoms with E-state index in [4.69, 9.17) is 0 Å². The lowest BCUT2D eigenvalue weighted by Crippen LogP contribution is -2.37. The molecular formula is C19H22F2N4OS. The molecule has 0 amide bonds. The van der Waals surface area contributed by atoms with Crippen molar-refractivity contribution in [2.75, 3.05) is 13.1 Å². The summed E-state index contributed by atoms with van der Waals surface area (Å²) in [5.74, 6) is -0.560. The van der Waals surface area contributed by atoms with E-state index in [-0.39, 0.29) is 11.9 Å². The number of aryl methyl sites for hydroxylation is 1. The van der Waals surface area contributed by atoms with Gasteiger partial charge in [-0.25, -0.2) is 13.8 Å².